The van der Waals surface area contributed by atoms with Gasteiger partial charge in [-0.25, -0.2) is 9.59 Å². The van der Waals surface area contributed by atoms with E-state index in [0.717, 1.165) is 12.0 Å². The molecule has 2 atom stereocenters. The molecule has 0 aromatic carbocycles. The van der Waals surface area contributed by atoms with Gasteiger partial charge in [0.05, 0.1) is 19.8 Å². The van der Waals surface area contributed by atoms with Crippen molar-refractivity contribution in [2.75, 3.05) is 13.7 Å². The molecule has 8 heteroatoms. The molecule has 0 saturated carbocycles. The average Bonchev–Trinajstić information content (AvgIpc) is 2.68. The fourth-order valence-corrected chi connectivity index (χ4v) is 1.92. The van der Waals surface area contributed by atoms with Gasteiger partial charge in [-0.05, 0) is 20.8 Å². The van der Waals surface area contributed by atoms with Crippen molar-refractivity contribution in [3.63, 3.8) is 0 Å². The Hall–Kier alpha value is -1.44. The Bertz CT molecular complexity index is 369. The molecule has 1 saturated heterocycles. The number of halogens is 2. The van der Waals surface area contributed by atoms with Gasteiger partial charge in [-0.3, -0.25) is 4.90 Å². The normalized spacial score (nSPS) is 23.1. The number of methoxy groups -OCH3 is 1. The lowest BCUT2D eigenvalue weighted by Crippen LogP contribution is -2.44. The van der Waals surface area contributed by atoms with Crippen LogP contribution in [0.1, 0.15) is 27.2 Å². The lowest BCUT2D eigenvalue weighted by Gasteiger charge is -2.27. The molecule has 0 aromatic heterocycles. The van der Waals surface area contributed by atoms with Crippen LogP contribution >= 0.6 is 0 Å². The van der Waals surface area contributed by atoms with Crippen LogP contribution in [0.5, 0.6) is 0 Å². The Morgan fingerprint density at radius 3 is 2.35 bits per heavy atom. The topological polar surface area (TPSA) is 65.1 Å². The van der Waals surface area contributed by atoms with E-state index in [9.17, 15) is 18.4 Å². The van der Waals surface area contributed by atoms with Gasteiger partial charge in [0, 0.05) is 6.42 Å². The van der Waals surface area contributed by atoms with Crippen LogP contribution in [0.4, 0.5) is 13.6 Å². The highest BCUT2D eigenvalue weighted by Gasteiger charge is 2.43. The van der Waals surface area contributed by atoms with Crippen LogP contribution in [0.25, 0.3) is 0 Å². The second kappa shape index (κ2) is 6.34. The molecular weight excluding hydrogens is 276 g/mol. The predicted octanol–water partition coefficient (Wildman–Crippen LogP) is 1.78. The maximum Gasteiger partial charge on any atom is 0.411 e. The van der Waals surface area contributed by atoms with Crippen molar-refractivity contribution in [3.05, 3.63) is 0 Å². The van der Waals surface area contributed by atoms with Gasteiger partial charge in [0.25, 0.3) is 0 Å². The molecule has 1 aliphatic heterocycles. The molecule has 1 rings (SSSR count). The molecule has 6 nitrogen and oxygen atoms in total. The summed E-state index contributed by atoms with van der Waals surface area (Å²) in [5.41, 5.74) is -0.751. The fraction of sp³-hybridized carbons (Fsp3) is 0.833. The number of esters is 1. The Balaban J connectivity index is 2.79. The summed E-state index contributed by atoms with van der Waals surface area (Å²) in [6.45, 7) is 1.90. The summed E-state index contributed by atoms with van der Waals surface area (Å²) >= 11 is 0. The Morgan fingerprint density at radius 2 is 1.90 bits per heavy atom. The van der Waals surface area contributed by atoms with Crippen LogP contribution in [0.2, 0.25) is 0 Å². The number of amides is 1. The van der Waals surface area contributed by atoms with E-state index in [2.05, 4.69) is 9.47 Å². The number of hydrogen-bond donors (Lipinski definition) is 0. The number of ether oxygens (including phenoxy) is 3. The van der Waals surface area contributed by atoms with Crippen molar-refractivity contribution in [2.45, 2.75) is 51.6 Å². The molecule has 0 N–H and O–H groups in total. The third kappa shape index (κ3) is 4.59. The van der Waals surface area contributed by atoms with Crippen molar-refractivity contribution in [1.82, 2.24) is 4.90 Å². The summed E-state index contributed by atoms with van der Waals surface area (Å²) in [6.07, 6.45) is -1.73. The standard InChI is InChI=1S/C12H19F2NO5/c1-12(2,3)20-11(17)15-6-7(19-10(13)14)5-8(15)9(16)18-4/h7-8,10H,5-6H2,1-4H3/t7-,8+/m0/s1. The van der Waals surface area contributed by atoms with Crippen LogP contribution in [0, 0.1) is 0 Å². The lowest BCUT2D eigenvalue weighted by atomic mass is 10.2. The van der Waals surface area contributed by atoms with Gasteiger partial charge in [-0.15, -0.1) is 0 Å². The molecule has 0 spiro atoms. The highest BCUT2D eigenvalue weighted by molar-refractivity contribution is 5.82. The summed E-state index contributed by atoms with van der Waals surface area (Å²) in [6, 6.07) is -0.974. The average molecular weight is 295 g/mol. The summed E-state index contributed by atoms with van der Waals surface area (Å²) in [5.74, 6) is -0.684. The first-order chi connectivity index (χ1) is 9.14. The minimum absolute atomic E-state index is 0.0454. The maximum atomic E-state index is 12.2. The fourth-order valence-electron chi connectivity index (χ4n) is 1.92. The van der Waals surface area contributed by atoms with Crippen molar-refractivity contribution in [3.8, 4) is 0 Å². The molecule has 1 fully saturated rings. The van der Waals surface area contributed by atoms with E-state index in [-0.39, 0.29) is 13.0 Å². The monoisotopic (exact) mass is 295 g/mol. The molecule has 0 bridgehead atoms. The van der Waals surface area contributed by atoms with Crippen LogP contribution in [-0.2, 0) is 19.0 Å². The second-order valence-corrected chi connectivity index (χ2v) is 5.43. The van der Waals surface area contributed by atoms with E-state index in [1.165, 1.54) is 0 Å². The number of rotatable bonds is 3. The largest absolute Gasteiger partial charge is 0.467 e. The molecule has 0 aliphatic carbocycles. The molecular formula is C12H19F2NO5. The van der Waals surface area contributed by atoms with Gasteiger partial charge in [-0.2, -0.15) is 8.78 Å². The van der Waals surface area contributed by atoms with Gasteiger partial charge >= 0.3 is 18.7 Å². The minimum atomic E-state index is -2.96. The van der Waals surface area contributed by atoms with Crippen LogP contribution in [0.15, 0.2) is 0 Å². The van der Waals surface area contributed by atoms with Gasteiger partial charge in [0.15, 0.2) is 0 Å². The lowest BCUT2D eigenvalue weighted by molar-refractivity contribution is -0.159. The predicted molar refractivity (Wildman–Crippen MR) is 64.2 cm³/mol. The minimum Gasteiger partial charge on any atom is -0.467 e. The quantitative estimate of drug-likeness (QED) is 0.743. The SMILES string of the molecule is COC(=O)[C@H]1C[C@H](OC(F)F)CN1C(=O)OC(C)(C)C. The third-order valence-corrected chi connectivity index (χ3v) is 2.66. The molecule has 1 aliphatic rings. The van der Waals surface area contributed by atoms with Crippen LogP contribution in [-0.4, -0.2) is 55.0 Å². The Labute approximate surface area is 116 Å². The highest BCUT2D eigenvalue weighted by atomic mass is 19.3. The van der Waals surface area contributed by atoms with Gasteiger partial charge in [0.1, 0.15) is 11.6 Å². The van der Waals surface area contributed by atoms with Gasteiger partial charge in [0.2, 0.25) is 0 Å². The summed E-state index contributed by atoms with van der Waals surface area (Å²) in [4.78, 5) is 24.6. The highest BCUT2D eigenvalue weighted by Crippen LogP contribution is 2.25. The van der Waals surface area contributed by atoms with E-state index in [1.807, 2.05) is 0 Å². The molecule has 0 unspecified atom stereocenters. The number of hydrogen-bond acceptors (Lipinski definition) is 5. The Morgan fingerprint density at radius 1 is 1.30 bits per heavy atom. The van der Waals surface area contributed by atoms with Crippen molar-refractivity contribution in [1.29, 1.82) is 0 Å². The number of alkyl halides is 2. The van der Waals surface area contributed by atoms with E-state index in [0.29, 0.717) is 0 Å². The second-order valence-electron chi connectivity index (χ2n) is 5.43. The van der Waals surface area contributed by atoms with Gasteiger partial charge < -0.3 is 14.2 Å². The Kier molecular flexibility index (Phi) is 5.27. The van der Waals surface area contributed by atoms with Crippen molar-refractivity contribution < 1.29 is 32.6 Å². The van der Waals surface area contributed by atoms with Crippen molar-refractivity contribution in [2.24, 2.45) is 0 Å². The van der Waals surface area contributed by atoms with E-state index < -0.39 is 36.4 Å². The third-order valence-electron chi connectivity index (χ3n) is 2.66. The van der Waals surface area contributed by atoms with Crippen molar-refractivity contribution >= 4 is 12.1 Å². The number of likely N-dealkylation sites (tertiary alicyclic amines) is 1. The number of carbonyl (C=O) groups is 2. The smallest absolute Gasteiger partial charge is 0.411 e. The first-order valence-corrected chi connectivity index (χ1v) is 6.15. The van der Waals surface area contributed by atoms with E-state index in [4.69, 9.17) is 4.74 Å². The molecule has 0 radical (unpaired) electrons. The molecule has 0 aromatic rings. The summed E-state index contributed by atoms with van der Waals surface area (Å²) < 4.78 is 38.5. The molecule has 1 amide bonds. The zero-order valence-corrected chi connectivity index (χ0v) is 11.9. The molecule has 1 heterocycles. The summed E-state index contributed by atoms with van der Waals surface area (Å²) in [5, 5.41) is 0. The maximum absolute atomic E-state index is 12.2. The molecule has 116 valence electrons. The van der Waals surface area contributed by atoms with E-state index in [1.54, 1.807) is 20.8 Å². The zero-order valence-electron chi connectivity index (χ0n) is 11.9. The molecule has 20 heavy (non-hydrogen) atoms. The number of carbonyl (C=O) groups excluding carboxylic acids is 2. The first-order valence-electron chi connectivity index (χ1n) is 6.15. The number of nitrogens with zero attached hydrogens (tertiary/aromatic N) is 1. The first kappa shape index (κ1) is 16.6. The van der Waals surface area contributed by atoms with Gasteiger partial charge in [-0.1, -0.05) is 0 Å². The zero-order chi connectivity index (χ0) is 15.5. The van der Waals surface area contributed by atoms with Crippen LogP contribution < -0.4 is 0 Å². The van der Waals surface area contributed by atoms with E-state index >= 15 is 0 Å². The summed E-state index contributed by atoms with van der Waals surface area (Å²) in [7, 11) is 1.16. The van der Waals surface area contributed by atoms with Crippen LogP contribution in [0.3, 0.4) is 0 Å².